The number of hydrogen-bond donors (Lipinski definition) is 1. The molecule has 0 radical (unpaired) electrons. The topological polar surface area (TPSA) is 73.8 Å². The minimum Gasteiger partial charge on any atom is -0.364 e. The Morgan fingerprint density at radius 3 is 2.56 bits per heavy atom. The van der Waals surface area contributed by atoms with Gasteiger partial charge in [-0.1, -0.05) is 24.5 Å². The van der Waals surface area contributed by atoms with Crippen LogP contribution in [0.3, 0.4) is 0 Å². The second-order valence-electron chi connectivity index (χ2n) is 5.63. The first kappa shape index (κ1) is 11.7. The molecule has 0 saturated heterocycles. The maximum Gasteiger partial charge on any atom is 0.271 e. The predicted octanol–water partition coefficient (Wildman–Crippen LogP) is 1.83. The van der Waals surface area contributed by atoms with Crippen molar-refractivity contribution < 1.29 is 4.79 Å². The average molecular weight is 248 g/mol. The molecule has 98 valence electrons. The van der Waals surface area contributed by atoms with Gasteiger partial charge in [-0.15, -0.1) is 5.10 Å². The van der Waals surface area contributed by atoms with Crippen molar-refractivity contribution in [3.63, 3.8) is 0 Å². The Balaban J connectivity index is 1.88. The van der Waals surface area contributed by atoms with E-state index in [2.05, 4.69) is 10.3 Å². The monoisotopic (exact) mass is 248 g/mol. The minimum atomic E-state index is -0.437. The molecule has 1 aromatic rings. The third-order valence-corrected chi connectivity index (χ3v) is 4.12. The molecular weight excluding hydrogens is 228 g/mol. The van der Waals surface area contributed by atoms with Crippen LogP contribution in [0.15, 0.2) is 0 Å². The summed E-state index contributed by atoms with van der Waals surface area (Å²) in [7, 11) is 0. The van der Waals surface area contributed by atoms with Gasteiger partial charge in [0.15, 0.2) is 5.69 Å². The van der Waals surface area contributed by atoms with Gasteiger partial charge in [-0.25, -0.2) is 4.68 Å². The van der Waals surface area contributed by atoms with Crippen molar-refractivity contribution in [2.45, 2.75) is 57.4 Å². The number of aromatic nitrogens is 3. The summed E-state index contributed by atoms with van der Waals surface area (Å²) in [4.78, 5) is 11.4. The molecule has 5 nitrogen and oxygen atoms in total. The van der Waals surface area contributed by atoms with Gasteiger partial charge >= 0.3 is 0 Å². The molecule has 0 spiro atoms. The van der Waals surface area contributed by atoms with Gasteiger partial charge in [-0.3, -0.25) is 4.79 Å². The van der Waals surface area contributed by atoms with Crippen molar-refractivity contribution in [3.8, 4) is 0 Å². The van der Waals surface area contributed by atoms with E-state index in [1.807, 2.05) is 4.68 Å². The summed E-state index contributed by atoms with van der Waals surface area (Å²) in [5.74, 6) is 0.275. The molecule has 0 atom stereocenters. The first-order chi connectivity index (χ1) is 8.75. The third kappa shape index (κ3) is 2.26. The molecule has 18 heavy (non-hydrogen) atoms. The van der Waals surface area contributed by atoms with Crippen molar-refractivity contribution in [1.82, 2.24) is 15.0 Å². The third-order valence-electron chi connectivity index (χ3n) is 4.12. The summed E-state index contributed by atoms with van der Waals surface area (Å²) >= 11 is 0. The molecule has 2 fully saturated rings. The van der Waals surface area contributed by atoms with E-state index in [0.717, 1.165) is 25.0 Å². The molecule has 0 aromatic carbocycles. The Labute approximate surface area is 107 Å². The van der Waals surface area contributed by atoms with Gasteiger partial charge in [0.05, 0.1) is 11.7 Å². The van der Waals surface area contributed by atoms with Crippen LogP contribution in [0.2, 0.25) is 0 Å². The zero-order valence-corrected chi connectivity index (χ0v) is 10.6. The quantitative estimate of drug-likeness (QED) is 0.883. The molecule has 2 N–H and O–H groups in total. The number of carbonyl (C=O) groups is 1. The van der Waals surface area contributed by atoms with Gasteiger partial charge in [0, 0.05) is 0 Å². The van der Waals surface area contributed by atoms with Crippen LogP contribution < -0.4 is 5.73 Å². The lowest BCUT2D eigenvalue weighted by molar-refractivity contribution is 0.0994. The molecule has 0 bridgehead atoms. The van der Waals surface area contributed by atoms with Gasteiger partial charge in [-0.2, -0.15) is 0 Å². The van der Waals surface area contributed by atoms with Crippen LogP contribution in [0.25, 0.3) is 0 Å². The summed E-state index contributed by atoms with van der Waals surface area (Å²) in [6.45, 7) is 0. The van der Waals surface area contributed by atoms with E-state index >= 15 is 0 Å². The first-order valence-electron chi connectivity index (χ1n) is 6.99. The Hall–Kier alpha value is -1.39. The lowest BCUT2D eigenvalue weighted by Crippen LogP contribution is -2.19. The van der Waals surface area contributed by atoms with Crippen molar-refractivity contribution in [3.05, 3.63) is 11.4 Å². The molecule has 0 unspecified atom stereocenters. The fourth-order valence-corrected chi connectivity index (χ4v) is 2.91. The average Bonchev–Trinajstić information content (AvgIpc) is 3.08. The standard InChI is InChI=1S/C13H20N4O/c14-13(18)12-11(8-9-6-7-9)17(16-15-12)10-4-2-1-3-5-10/h9-10H,1-8H2,(H2,14,18). The largest absolute Gasteiger partial charge is 0.364 e. The fraction of sp³-hybridized carbons (Fsp3) is 0.769. The zero-order chi connectivity index (χ0) is 12.5. The summed E-state index contributed by atoms with van der Waals surface area (Å²) in [5.41, 5.74) is 6.78. The van der Waals surface area contributed by atoms with Crippen molar-refractivity contribution in [1.29, 1.82) is 0 Å². The second-order valence-corrected chi connectivity index (χ2v) is 5.63. The summed E-state index contributed by atoms with van der Waals surface area (Å²) in [6, 6.07) is 0.424. The van der Waals surface area contributed by atoms with E-state index in [1.165, 1.54) is 32.1 Å². The number of nitrogens with two attached hydrogens (primary N) is 1. The van der Waals surface area contributed by atoms with Crippen LogP contribution in [-0.2, 0) is 6.42 Å². The predicted molar refractivity (Wildman–Crippen MR) is 67.1 cm³/mol. The molecule has 2 aliphatic carbocycles. The second kappa shape index (κ2) is 4.71. The lowest BCUT2D eigenvalue weighted by atomic mass is 9.95. The summed E-state index contributed by atoms with van der Waals surface area (Å²) < 4.78 is 2.00. The van der Waals surface area contributed by atoms with Crippen LogP contribution >= 0.6 is 0 Å². The van der Waals surface area contributed by atoms with Gasteiger partial charge < -0.3 is 5.73 Å². The van der Waals surface area contributed by atoms with Crippen LogP contribution in [0.1, 0.15) is 67.2 Å². The SMILES string of the molecule is NC(=O)c1nnn(C2CCCCC2)c1CC1CC1. The van der Waals surface area contributed by atoms with Gasteiger partial charge in [0.25, 0.3) is 5.91 Å². The van der Waals surface area contributed by atoms with E-state index in [1.54, 1.807) is 0 Å². The number of carbonyl (C=O) groups excluding carboxylic acids is 1. The molecule has 2 saturated carbocycles. The van der Waals surface area contributed by atoms with Crippen molar-refractivity contribution >= 4 is 5.91 Å². The Morgan fingerprint density at radius 1 is 1.22 bits per heavy atom. The van der Waals surface area contributed by atoms with Gasteiger partial charge in [0.2, 0.25) is 0 Å². The number of hydrogen-bond acceptors (Lipinski definition) is 3. The molecule has 3 rings (SSSR count). The normalized spacial score (nSPS) is 21.1. The van der Waals surface area contributed by atoms with Gasteiger partial charge in [0.1, 0.15) is 0 Å². The summed E-state index contributed by atoms with van der Waals surface area (Å²) in [6.07, 6.45) is 9.55. The Morgan fingerprint density at radius 2 is 1.94 bits per heavy atom. The van der Waals surface area contributed by atoms with Crippen LogP contribution in [0, 0.1) is 5.92 Å². The first-order valence-corrected chi connectivity index (χ1v) is 6.99. The highest BCUT2D eigenvalue weighted by molar-refractivity contribution is 5.91. The summed E-state index contributed by atoms with van der Waals surface area (Å²) in [5, 5.41) is 8.22. The molecule has 1 heterocycles. The Bertz CT molecular complexity index is 444. The number of amides is 1. The highest BCUT2D eigenvalue weighted by Gasteiger charge is 2.29. The molecule has 0 aliphatic heterocycles. The van der Waals surface area contributed by atoms with Crippen molar-refractivity contribution in [2.24, 2.45) is 11.7 Å². The van der Waals surface area contributed by atoms with E-state index in [-0.39, 0.29) is 0 Å². The van der Waals surface area contributed by atoms with Gasteiger partial charge in [-0.05, 0) is 38.0 Å². The molecule has 5 heteroatoms. The number of nitrogens with zero attached hydrogens (tertiary/aromatic N) is 3. The highest BCUT2D eigenvalue weighted by Crippen LogP contribution is 2.35. The van der Waals surface area contributed by atoms with E-state index < -0.39 is 5.91 Å². The van der Waals surface area contributed by atoms with Crippen LogP contribution in [0.5, 0.6) is 0 Å². The Kier molecular flexibility index (Phi) is 3.06. The fourth-order valence-electron chi connectivity index (χ4n) is 2.91. The van der Waals surface area contributed by atoms with Crippen molar-refractivity contribution in [2.75, 3.05) is 0 Å². The smallest absolute Gasteiger partial charge is 0.271 e. The lowest BCUT2D eigenvalue weighted by Gasteiger charge is -2.23. The minimum absolute atomic E-state index is 0.396. The molecular formula is C13H20N4O. The van der Waals surface area contributed by atoms with E-state index in [0.29, 0.717) is 17.7 Å². The highest BCUT2D eigenvalue weighted by atomic mass is 16.1. The van der Waals surface area contributed by atoms with Crippen LogP contribution in [-0.4, -0.2) is 20.9 Å². The molecule has 1 aromatic heterocycles. The van der Waals surface area contributed by atoms with E-state index in [4.69, 9.17) is 5.73 Å². The molecule has 1 amide bonds. The number of primary amides is 1. The maximum atomic E-state index is 11.4. The van der Waals surface area contributed by atoms with E-state index in [9.17, 15) is 4.79 Å². The maximum absolute atomic E-state index is 11.4. The molecule has 2 aliphatic rings. The van der Waals surface area contributed by atoms with Crippen LogP contribution in [0.4, 0.5) is 0 Å². The zero-order valence-electron chi connectivity index (χ0n) is 10.6. The number of rotatable bonds is 4.